The highest BCUT2D eigenvalue weighted by atomic mass is 16.5. The van der Waals surface area contributed by atoms with Crippen molar-refractivity contribution in [3.05, 3.63) is 30.1 Å². The molecule has 1 aromatic carbocycles. The van der Waals surface area contributed by atoms with Crippen LogP contribution in [0.3, 0.4) is 0 Å². The first-order valence-corrected chi connectivity index (χ1v) is 9.08. The molecule has 5 heteroatoms. The number of fused-ring (bicyclic) bond motifs is 1. The Bertz CT molecular complexity index is 735. The van der Waals surface area contributed by atoms with Gasteiger partial charge < -0.3 is 14.6 Å². The van der Waals surface area contributed by atoms with Crippen molar-refractivity contribution in [1.82, 2.24) is 14.9 Å². The normalized spacial score (nSPS) is 23.7. The van der Waals surface area contributed by atoms with Crippen molar-refractivity contribution in [3.63, 3.8) is 0 Å². The molecule has 2 fully saturated rings. The topological polar surface area (TPSA) is 56.2 Å². The molecule has 1 N–H and O–H groups in total. The van der Waals surface area contributed by atoms with Crippen molar-refractivity contribution < 1.29 is 9.53 Å². The van der Waals surface area contributed by atoms with Gasteiger partial charge in [-0.25, -0.2) is 4.98 Å². The summed E-state index contributed by atoms with van der Waals surface area (Å²) >= 11 is 0. The van der Waals surface area contributed by atoms with E-state index in [0.717, 1.165) is 30.6 Å². The highest BCUT2D eigenvalue weighted by Crippen LogP contribution is 2.38. The van der Waals surface area contributed by atoms with E-state index in [1.807, 2.05) is 18.2 Å². The van der Waals surface area contributed by atoms with Crippen LogP contribution in [0, 0.1) is 0 Å². The Balaban J connectivity index is 1.36. The van der Waals surface area contributed by atoms with Crippen LogP contribution >= 0.6 is 0 Å². The molecule has 2 aromatic rings. The molecule has 2 heterocycles. The number of ether oxygens (including phenoxy) is 1. The van der Waals surface area contributed by atoms with E-state index in [4.69, 9.17) is 9.72 Å². The predicted molar refractivity (Wildman–Crippen MR) is 92.7 cm³/mol. The Labute approximate surface area is 142 Å². The van der Waals surface area contributed by atoms with Crippen LogP contribution in [0.4, 0.5) is 0 Å². The van der Waals surface area contributed by atoms with E-state index in [9.17, 15) is 4.79 Å². The third kappa shape index (κ3) is 3.31. The Morgan fingerprint density at radius 1 is 1.29 bits per heavy atom. The number of para-hydroxylation sites is 2. The molecule has 1 saturated carbocycles. The Morgan fingerprint density at radius 3 is 2.88 bits per heavy atom. The van der Waals surface area contributed by atoms with Gasteiger partial charge >= 0.3 is 0 Å². The predicted octanol–water partition coefficient (Wildman–Crippen LogP) is 3.34. The van der Waals surface area contributed by atoms with E-state index >= 15 is 0 Å². The highest BCUT2D eigenvalue weighted by molar-refractivity contribution is 5.77. The second-order valence-corrected chi connectivity index (χ2v) is 7.08. The molecule has 24 heavy (non-hydrogen) atoms. The standard InChI is InChI=1S/C19H25N3O2/c1-13-6-9-15(24-13)10-11-19(23)20-12-18-21-16-4-2-3-5-17(16)22(18)14-7-8-14/h2-5,13-15H,6-12H2,1H3,(H,20,23)/t13-,15-/m1/s1. The average Bonchev–Trinajstić information content (AvgIpc) is 3.22. The highest BCUT2D eigenvalue weighted by Gasteiger charge is 2.28. The number of imidazole rings is 1. The number of aromatic nitrogens is 2. The number of hydrogen-bond donors (Lipinski definition) is 1. The van der Waals surface area contributed by atoms with Gasteiger partial charge in [0, 0.05) is 12.5 Å². The van der Waals surface area contributed by atoms with Crippen LogP contribution in [0.5, 0.6) is 0 Å². The molecule has 2 atom stereocenters. The van der Waals surface area contributed by atoms with E-state index in [2.05, 4.69) is 22.9 Å². The lowest BCUT2D eigenvalue weighted by atomic mass is 10.1. The summed E-state index contributed by atoms with van der Waals surface area (Å²) in [4.78, 5) is 16.9. The molecule has 1 aliphatic heterocycles. The van der Waals surface area contributed by atoms with Crippen LogP contribution in [0.2, 0.25) is 0 Å². The van der Waals surface area contributed by atoms with Crippen LogP contribution in [0.25, 0.3) is 11.0 Å². The summed E-state index contributed by atoms with van der Waals surface area (Å²) < 4.78 is 8.08. The first-order valence-electron chi connectivity index (χ1n) is 9.08. The molecule has 0 bridgehead atoms. The molecular formula is C19H25N3O2. The molecule has 4 rings (SSSR count). The molecule has 1 amide bonds. The minimum Gasteiger partial charge on any atom is -0.375 e. The number of rotatable bonds is 6. The zero-order valence-corrected chi connectivity index (χ0v) is 14.2. The van der Waals surface area contributed by atoms with Gasteiger partial charge in [-0.15, -0.1) is 0 Å². The summed E-state index contributed by atoms with van der Waals surface area (Å²) in [6.45, 7) is 2.61. The van der Waals surface area contributed by atoms with Crippen molar-refractivity contribution in [3.8, 4) is 0 Å². The van der Waals surface area contributed by atoms with Crippen molar-refractivity contribution in [2.45, 2.75) is 70.2 Å². The zero-order chi connectivity index (χ0) is 16.5. The minimum absolute atomic E-state index is 0.0903. The van der Waals surface area contributed by atoms with Gasteiger partial charge in [0.25, 0.3) is 0 Å². The van der Waals surface area contributed by atoms with E-state index in [1.165, 1.54) is 18.4 Å². The second kappa shape index (κ2) is 6.55. The maximum atomic E-state index is 12.2. The number of carbonyl (C=O) groups excluding carboxylic acids is 1. The quantitative estimate of drug-likeness (QED) is 0.885. The molecule has 0 spiro atoms. The Morgan fingerprint density at radius 2 is 2.12 bits per heavy atom. The molecular weight excluding hydrogens is 302 g/mol. The zero-order valence-electron chi connectivity index (χ0n) is 14.2. The van der Waals surface area contributed by atoms with Gasteiger partial charge in [0.2, 0.25) is 5.91 Å². The number of carbonyl (C=O) groups is 1. The lowest BCUT2D eigenvalue weighted by Crippen LogP contribution is -2.25. The van der Waals surface area contributed by atoms with E-state index in [1.54, 1.807) is 0 Å². The summed E-state index contributed by atoms with van der Waals surface area (Å²) in [7, 11) is 0. The summed E-state index contributed by atoms with van der Waals surface area (Å²) in [6.07, 6.45) is 6.54. The van der Waals surface area contributed by atoms with Crippen molar-refractivity contribution in [2.24, 2.45) is 0 Å². The molecule has 0 radical (unpaired) electrons. The number of hydrogen-bond acceptors (Lipinski definition) is 3. The monoisotopic (exact) mass is 327 g/mol. The third-order valence-electron chi connectivity index (χ3n) is 5.04. The Hall–Kier alpha value is -1.88. The molecule has 1 saturated heterocycles. The first-order chi connectivity index (χ1) is 11.7. The fourth-order valence-corrected chi connectivity index (χ4v) is 3.61. The van der Waals surface area contributed by atoms with Gasteiger partial charge in [-0.05, 0) is 51.2 Å². The average molecular weight is 327 g/mol. The van der Waals surface area contributed by atoms with Gasteiger partial charge in [0.05, 0.1) is 29.8 Å². The van der Waals surface area contributed by atoms with Gasteiger partial charge in [0.15, 0.2) is 0 Å². The lowest BCUT2D eigenvalue weighted by Gasteiger charge is -2.11. The number of benzene rings is 1. The van der Waals surface area contributed by atoms with Crippen LogP contribution in [0.15, 0.2) is 24.3 Å². The number of amides is 1. The maximum Gasteiger partial charge on any atom is 0.220 e. The fourth-order valence-electron chi connectivity index (χ4n) is 3.61. The third-order valence-corrected chi connectivity index (χ3v) is 5.04. The molecule has 5 nitrogen and oxygen atoms in total. The van der Waals surface area contributed by atoms with Gasteiger partial charge in [0.1, 0.15) is 5.82 Å². The molecule has 2 aliphatic rings. The molecule has 0 unspecified atom stereocenters. The van der Waals surface area contributed by atoms with E-state index in [-0.39, 0.29) is 12.0 Å². The van der Waals surface area contributed by atoms with E-state index < -0.39 is 0 Å². The van der Waals surface area contributed by atoms with E-state index in [0.29, 0.717) is 25.1 Å². The van der Waals surface area contributed by atoms with Gasteiger partial charge in [-0.2, -0.15) is 0 Å². The largest absolute Gasteiger partial charge is 0.375 e. The Kier molecular flexibility index (Phi) is 4.27. The maximum absolute atomic E-state index is 12.2. The summed E-state index contributed by atoms with van der Waals surface area (Å²) in [6, 6.07) is 8.77. The minimum atomic E-state index is 0.0903. The summed E-state index contributed by atoms with van der Waals surface area (Å²) in [5.41, 5.74) is 2.19. The smallest absolute Gasteiger partial charge is 0.220 e. The van der Waals surface area contributed by atoms with Crippen molar-refractivity contribution in [1.29, 1.82) is 0 Å². The fraction of sp³-hybridized carbons (Fsp3) is 0.579. The number of nitrogens with zero attached hydrogens (tertiary/aromatic N) is 2. The number of nitrogens with one attached hydrogen (secondary N) is 1. The van der Waals surface area contributed by atoms with Crippen LogP contribution in [-0.2, 0) is 16.1 Å². The molecule has 128 valence electrons. The second-order valence-electron chi connectivity index (χ2n) is 7.08. The molecule has 1 aliphatic carbocycles. The first kappa shape index (κ1) is 15.6. The SMILES string of the molecule is C[C@@H]1CC[C@H](CCC(=O)NCc2nc3ccccc3n2C2CC2)O1. The van der Waals surface area contributed by atoms with Gasteiger partial charge in [-0.1, -0.05) is 12.1 Å². The summed E-state index contributed by atoms with van der Waals surface area (Å²) in [5, 5.41) is 3.04. The van der Waals surface area contributed by atoms with Crippen LogP contribution in [-0.4, -0.2) is 27.7 Å². The lowest BCUT2D eigenvalue weighted by molar-refractivity contribution is -0.122. The summed E-state index contributed by atoms with van der Waals surface area (Å²) in [5.74, 6) is 1.06. The molecule has 1 aromatic heterocycles. The van der Waals surface area contributed by atoms with Crippen LogP contribution in [0.1, 0.15) is 57.3 Å². The van der Waals surface area contributed by atoms with Crippen LogP contribution < -0.4 is 5.32 Å². The van der Waals surface area contributed by atoms with Crippen molar-refractivity contribution >= 4 is 16.9 Å². The van der Waals surface area contributed by atoms with Crippen molar-refractivity contribution in [2.75, 3.05) is 0 Å². The van der Waals surface area contributed by atoms with Gasteiger partial charge in [-0.3, -0.25) is 4.79 Å².